The molecule has 1 fully saturated rings. The number of carbonyl (C=O) groups excluding carboxylic acids is 3. The maximum Gasteiger partial charge on any atom is 0.417 e. The number of alkyl halides is 3. The van der Waals surface area contributed by atoms with E-state index in [1.807, 2.05) is 5.32 Å². The Morgan fingerprint density at radius 1 is 1.16 bits per heavy atom. The van der Waals surface area contributed by atoms with E-state index < -0.39 is 34.9 Å². The van der Waals surface area contributed by atoms with Crippen molar-refractivity contribution < 1.29 is 37.0 Å². The number of esters is 1. The van der Waals surface area contributed by atoms with Gasteiger partial charge in [-0.3, -0.25) is 19.7 Å². The summed E-state index contributed by atoms with van der Waals surface area (Å²) in [5.74, 6) is -1.10. The second-order valence-corrected chi connectivity index (χ2v) is 7.69. The summed E-state index contributed by atoms with van der Waals surface area (Å²) < 4.78 is 50.8. The lowest BCUT2D eigenvalue weighted by Crippen LogP contribution is -2.33. The minimum Gasteiger partial charge on any atom is -0.468 e. The van der Waals surface area contributed by atoms with Gasteiger partial charge in [0.2, 0.25) is 0 Å². The van der Waals surface area contributed by atoms with Crippen LogP contribution in [0.25, 0.3) is 6.08 Å². The van der Waals surface area contributed by atoms with Crippen molar-refractivity contribution in [3.05, 3.63) is 64.1 Å². The number of rotatable bonds is 6. The van der Waals surface area contributed by atoms with Crippen LogP contribution >= 0.6 is 11.8 Å². The molecule has 1 saturated heterocycles. The van der Waals surface area contributed by atoms with Crippen LogP contribution in [-0.4, -0.2) is 30.3 Å². The van der Waals surface area contributed by atoms with Crippen LogP contribution in [0.5, 0.6) is 11.5 Å². The molecule has 1 heterocycles. The Morgan fingerprint density at radius 2 is 1.81 bits per heavy atom. The van der Waals surface area contributed by atoms with Gasteiger partial charge in [-0.05, 0) is 59.7 Å². The lowest BCUT2D eigenvalue weighted by atomic mass is 10.1. The Hall–Kier alpha value is -3.31. The number of imide groups is 1. The van der Waals surface area contributed by atoms with Gasteiger partial charge < -0.3 is 15.2 Å². The number of ether oxygens (including phenoxy) is 2. The molecule has 2 aromatic rings. The molecule has 11 heteroatoms. The van der Waals surface area contributed by atoms with Crippen LogP contribution in [0.15, 0.2) is 47.4 Å². The molecule has 1 unspecified atom stereocenters. The SMILES string of the molecule is COC(=O)C(N)Cc1ccc(Oc2ccc(/C=C3/SC(=O)NC3=O)c(C(F)(F)F)c2)cc1. The fourth-order valence-corrected chi connectivity index (χ4v) is 3.52. The zero-order chi connectivity index (χ0) is 23.5. The average Bonchev–Trinajstić information content (AvgIpc) is 3.05. The molecule has 0 aliphatic carbocycles. The Labute approximate surface area is 184 Å². The van der Waals surface area contributed by atoms with E-state index in [4.69, 9.17) is 10.5 Å². The third-order valence-corrected chi connectivity index (χ3v) is 5.19. The van der Waals surface area contributed by atoms with E-state index in [0.717, 1.165) is 23.8 Å². The topological polar surface area (TPSA) is 108 Å². The lowest BCUT2D eigenvalue weighted by molar-refractivity contribution is -0.142. The van der Waals surface area contributed by atoms with E-state index in [1.165, 1.54) is 25.3 Å². The Bertz CT molecular complexity index is 1080. The van der Waals surface area contributed by atoms with Gasteiger partial charge >= 0.3 is 12.1 Å². The van der Waals surface area contributed by atoms with Crippen molar-refractivity contribution in [3.63, 3.8) is 0 Å². The molecule has 0 saturated carbocycles. The summed E-state index contributed by atoms with van der Waals surface area (Å²) in [7, 11) is 1.23. The molecule has 0 radical (unpaired) electrons. The second kappa shape index (κ2) is 9.45. The van der Waals surface area contributed by atoms with Crippen LogP contribution in [0.4, 0.5) is 18.0 Å². The van der Waals surface area contributed by atoms with Crippen LogP contribution < -0.4 is 15.8 Å². The molecule has 2 amide bonds. The van der Waals surface area contributed by atoms with Crippen molar-refractivity contribution in [1.29, 1.82) is 0 Å². The first-order valence-corrected chi connectivity index (χ1v) is 9.95. The number of amides is 2. The smallest absolute Gasteiger partial charge is 0.417 e. The van der Waals surface area contributed by atoms with Crippen LogP contribution in [0.1, 0.15) is 16.7 Å². The Morgan fingerprint density at radius 3 is 2.38 bits per heavy atom. The molecule has 0 spiro atoms. The Balaban J connectivity index is 1.80. The third-order valence-electron chi connectivity index (χ3n) is 4.38. The van der Waals surface area contributed by atoms with Gasteiger partial charge in [-0.2, -0.15) is 13.2 Å². The molecule has 1 aliphatic rings. The van der Waals surface area contributed by atoms with Gasteiger partial charge in [-0.25, -0.2) is 0 Å². The summed E-state index contributed by atoms with van der Waals surface area (Å²) in [4.78, 5) is 34.2. The number of benzene rings is 2. The van der Waals surface area contributed by atoms with Gasteiger partial charge in [0.1, 0.15) is 17.5 Å². The number of carbonyl (C=O) groups is 3. The fourth-order valence-electron chi connectivity index (χ4n) is 2.85. The molecule has 2 aromatic carbocycles. The van der Waals surface area contributed by atoms with Gasteiger partial charge in [0.05, 0.1) is 17.6 Å². The highest BCUT2D eigenvalue weighted by atomic mass is 32.2. The standard InChI is InChI=1S/C21H17F3N2O5S/c1-30-19(28)16(25)8-11-2-5-13(6-3-11)31-14-7-4-12(15(10-14)21(22,23)24)9-17-18(27)26-20(29)32-17/h2-7,9-10,16H,8,25H2,1H3,(H,26,27,29)/b17-9+. The van der Waals surface area contributed by atoms with Gasteiger partial charge in [0, 0.05) is 0 Å². The number of methoxy groups -OCH3 is 1. The maximum atomic E-state index is 13.6. The molecule has 3 rings (SSSR count). The van der Waals surface area contributed by atoms with Crippen molar-refractivity contribution in [2.45, 2.75) is 18.6 Å². The van der Waals surface area contributed by atoms with E-state index in [9.17, 15) is 27.6 Å². The normalized spacial score (nSPS) is 16.1. The summed E-state index contributed by atoms with van der Waals surface area (Å²) in [6, 6.07) is 8.79. The van der Waals surface area contributed by atoms with E-state index in [1.54, 1.807) is 12.1 Å². The van der Waals surface area contributed by atoms with Crippen LogP contribution in [-0.2, 0) is 26.9 Å². The average molecular weight is 466 g/mol. The van der Waals surface area contributed by atoms with Crippen LogP contribution in [0.2, 0.25) is 0 Å². The molecular formula is C21H17F3N2O5S. The quantitative estimate of drug-likeness (QED) is 0.492. The molecule has 7 nitrogen and oxygen atoms in total. The summed E-state index contributed by atoms with van der Waals surface area (Å²) >= 11 is 0.528. The van der Waals surface area contributed by atoms with Gasteiger partial charge in [0.15, 0.2) is 0 Å². The Kier molecular flexibility index (Phi) is 6.90. The van der Waals surface area contributed by atoms with Crippen LogP contribution in [0.3, 0.4) is 0 Å². The highest BCUT2D eigenvalue weighted by Crippen LogP contribution is 2.38. The van der Waals surface area contributed by atoms with Crippen molar-refractivity contribution in [2.24, 2.45) is 5.73 Å². The second-order valence-electron chi connectivity index (χ2n) is 6.68. The fraction of sp³-hybridized carbons (Fsp3) is 0.190. The molecule has 168 valence electrons. The zero-order valence-corrected chi connectivity index (χ0v) is 17.4. The molecule has 0 bridgehead atoms. The van der Waals surface area contributed by atoms with E-state index in [0.29, 0.717) is 11.8 Å². The summed E-state index contributed by atoms with van der Waals surface area (Å²) in [6.45, 7) is 0. The van der Waals surface area contributed by atoms with Gasteiger partial charge in [0.25, 0.3) is 11.1 Å². The predicted molar refractivity (Wildman–Crippen MR) is 111 cm³/mol. The summed E-state index contributed by atoms with van der Waals surface area (Å²) in [5.41, 5.74) is 5.13. The monoisotopic (exact) mass is 466 g/mol. The molecule has 0 aromatic heterocycles. The number of nitrogens with two attached hydrogens (primary N) is 1. The number of thioether (sulfide) groups is 1. The zero-order valence-electron chi connectivity index (χ0n) is 16.6. The van der Waals surface area contributed by atoms with Gasteiger partial charge in [-0.1, -0.05) is 18.2 Å². The molecule has 1 aliphatic heterocycles. The van der Waals surface area contributed by atoms with E-state index in [-0.39, 0.29) is 28.4 Å². The van der Waals surface area contributed by atoms with E-state index >= 15 is 0 Å². The maximum absolute atomic E-state index is 13.6. The number of nitrogens with one attached hydrogen (secondary N) is 1. The number of halogens is 3. The first-order chi connectivity index (χ1) is 15.1. The highest BCUT2D eigenvalue weighted by Gasteiger charge is 2.34. The molecule has 1 atom stereocenters. The van der Waals surface area contributed by atoms with Crippen molar-refractivity contribution in [3.8, 4) is 11.5 Å². The lowest BCUT2D eigenvalue weighted by Gasteiger charge is -2.14. The first-order valence-electron chi connectivity index (χ1n) is 9.13. The highest BCUT2D eigenvalue weighted by molar-refractivity contribution is 8.18. The van der Waals surface area contributed by atoms with E-state index in [2.05, 4.69) is 4.74 Å². The third kappa shape index (κ3) is 5.68. The largest absolute Gasteiger partial charge is 0.468 e. The number of hydrogen-bond donors (Lipinski definition) is 2. The number of hydrogen-bond acceptors (Lipinski definition) is 7. The minimum atomic E-state index is -4.72. The molecular weight excluding hydrogens is 449 g/mol. The van der Waals surface area contributed by atoms with Gasteiger partial charge in [-0.15, -0.1) is 0 Å². The van der Waals surface area contributed by atoms with Crippen molar-refractivity contribution >= 4 is 35.0 Å². The summed E-state index contributed by atoms with van der Waals surface area (Å²) in [5, 5.41) is 1.34. The first kappa shape index (κ1) is 23.4. The van der Waals surface area contributed by atoms with Crippen molar-refractivity contribution in [1.82, 2.24) is 5.32 Å². The minimum absolute atomic E-state index is 0.0712. The molecule has 32 heavy (non-hydrogen) atoms. The van der Waals surface area contributed by atoms with Crippen LogP contribution in [0, 0.1) is 0 Å². The predicted octanol–water partition coefficient (Wildman–Crippen LogP) is 3.86. The molecule has 3 N–H and O–H groups in total. The summed E-state index contributed by atoms with van der Waals surface area (Å²) in [6.07, 6.45) is -3.48. The van der Waals surface area contributed by atoms with Crippen molar-refractivity contribution in [2.75, 3.05) is 7.11 Å².